The van der Waals surface area contributed by atoms with Gasteiger partial charge in [0.05, 0.1) is 27.8 Å². The van der Waals surface area contributed by atoms with Crippen molar-refractivity contribution in [2.75, 3.05) is 0 Å². The van der Waals surface area contributed by atoms with Crippen molar-refractivity contribution in [3.63, 3.8) is 0 Å². The summed E-state index contributed by atoms with van der Waals surface area (Å²) in [5.74, 6) is 0. The second-order valence-corrected chi connectivity index (χ2v) is 6.75. The molecule has 0 saturated heterocycles. The minimum atomic E-state index is -4.84. The summed E-state index contributed by atoms with van der Waals surface area (Å²) in [4.78, 5) is 12.8. The van der Waals surface area contributed by atoms with E-state index in [-0.39, 0.29) is 17.3 Å². The molecule has 0 aliphatic rings. The molecule has 0 unspecified atom stereocenters. The first-order valence-corrected chi connectivity index (χ1v) is 8.72. The first-order valence-electron chi connectivity index (χ1n) is 7.97. The molecule has 0 N–H and O–H groups in total. The third-order valence-corrected chi connectivity index (χ3v) is 4.85. The van der Waals surface area contributed by atoms with Gasteiger partial charge in [-0.2, -0.15) is 18.4 Å². The minimum Gasteiger partial charge on any atom is -0.303 e. The molecule has 1 aromatic heterocycles. The van der Waals surface area contributed by atoms with Gasteiger partial charge in [0.2, 0.25) is 0 Å². The van der Waals surface area contributed by atoms with Crippen LogP contribution in [0.25, 0.3) is 11.3 Å². The maximum atomic E-state index is 13.4. The van der Waals surface area contributed by atoms with E-state index in [4.69, 9.17) is 23.2 Å². The van der Waals surface area contributed by atoms with Crippen LogP contribution in [0.15, 0.2) is 59.4 Å². The van der Waals surface area contributed by atoms with E-state index in [1.807, 2.05) is 0 Å². The van der Waals surface area contributed by atoms with Gasteiger partial charge < -0.3 is 4.57 Å². The van der Waals surface area contributed by atoms with E-state index in [9.17, 15) is 23.2 Å². The summed E-state index contributed by atoms with van der Waals surface area (Å²) in [6.45, 7) is -0.0766. The standard InChI is InChI=1S/C20H11Cl2F3N2O/c21-16-7-6-12(8-17(16)22)11-27-18(13-4-2-1-3-5-13)9-15(20(23,24)25)14(10-26)19(27)28/h1-9H,11H2. The van der Waals surface area contributed by atoms with Crippen molar-refractivity contribution in [1.29, 1.82) is 5.26 Å². The highest BCUT2D eigenvalue weighted by Crippen LogP contribution is 2.34. The molecule has 0 saturated carbocycles. The Morgan fingerprint density at radius 3 is 2.25 bits per heavy atom. The third kappa shape index (κ3) is 3.91. The number of nitriles is 1. The molecule has 0 fully saturated rings. The highest BCUT2D eigenvalue weighted by Gasteiger charge is 2.36. The Bertz CT molecular complexity index is 1130. The Hall–Kier alpha value is -2.75. The Labute approximate surface area is 168 Å². The maximum absolute atomic E-state index is 13.4. The van der Waals surface area contributed by atoms with Gasteiger partial charge in [0.1, 0.15) is 11.6 Å². The summed E-state index contributed by atoms with van der Waals surface area (Å²) >= 11 is 11.9. The molecule has 8 heteroatoms. The van der Waals surface area contributed by atoms with Gasteiger partial charge in [0, 0.05) is 0 Å². The number of benzene rings is 2. The van der Waals surface area contributed by atoms with E-state index in [0.29, 0.717) is 16.1 Å². The number of hydrogen-bond donors (Lipinski definition) is 0. The van der Waals surface area contributed by atoms with Crippen LogP contribution in [-0.4, -0.2) is 4.57 Å². The second kappa shape index (κ2) is 7.70. The highest BCUT2D eigenvalue weighted by atomic mass is 35.5. The molecular formula is C20H11Cl2F3N2O. The number of rotatable bonds is 3. The number of halogens is 5. The molecule has 0 radical (unpaired) electrons. The van der Waals surface area contributed by atoms with Gasteiger partial charge in [0.25, 0.3) is 5.56 Å². The van der Waals surface area contributed by atoms with Gasteiger partial charge in [-0.25, -0.2) is 0 Å². The molecule has 28 heavy (non-hydrogen) atoms. The largest absolute Gasteiger partial charge is 0.417 e. The van der Waals surface area contributed by atoms with E-state index < -0.39 is 22.9 Å². The van der Waals surface area contributed by atoms with Crippen LogP contribution >= 0.6 is 23.2 Å². The summed E-state index contributed by atoms with van der Waals surface area (Å²) in [5, 5.41) is 9.76. The predicted molar refractivity (Wildman–Crippen MR) is 101 cm³/mol. The fraction of sp³-hybridized carbons (Fsp3) is 0.100. The Kier molecular flexibility index (Phi) is 5.50. The first kappa shape index (κ1) is 20.0. The smallest absolute Gasteiger partial charge is 0.303 e. The molecule has 0 aliphatic heterocycles. The van der Waals surface area contributed by atoms with Crippen molar-refractivity contribution in [3.8, 4) is 17.3 Å². The molecule has 0 aliphatic carbocycles. The molecule has 0 spiro atoms. The molecule has 2 aromatic carbocycles. The van der Waals surface area contributed by atoms with Gasteiger partial charge in [-0.1, -0.05) is 59.6 Å². The summed E-state index contributed by atoms with van der Waals surface area (Å²) in [6, 6.07) is 15.1. The molecule has 0 atom stereocenters. The van der Waals surface area contributed by atoms with Crippen LogP contribution in [0.5, 0.6) is 0 Å². The molecular weight excluding hydrogens is 412 g/mol. The number of pyridine rings is 1. The van der Waals surface area contributed by atoms with Crippen LogP contribution in [-0.2, 0) is 12.7 Å². The summed E-state index contributed by atoms with van der Waals surface area (Å²) in [5.41, 5.74) is -2.23. The van der Waals surface area contributed by atoms with Gasteiger partial charge in [0.15, 0.2) is 0 Å². The monoisotopic (exact) mass is 422 g/mol. The minimum absolute atomic E-state index is 0.0444. The van der Waals surface area contributed by atoms with E-state index in [2.05, 4.69) is 0 Å². The van der Waals surface area contributed by atoms with Gasteiger partial charge in [-0.3, -0.25) is 4.79 Å². The quantitative estimate of drug-likeness (QED) is 0.538. The van der Waals surface area contributed by atoms with Crippen LogP contribution < -0.4 is 5.56 Å². The van der Waals surface area contributed by atoms with Crippen LogP contribution in [0.3, 0.4) is 0 Å². The highest BCUT2D eigenvalue weighted by molar-refractivity contribution is 6.42. The zero-order valence-electron chi connectivity index (χ0n) is 14.1. The molecule has 3 rings (SSSR count). The summed E-state index contributed by atoms with van der Waals surface area (Å²) in [7, 11) is 0. The van der Waals surface area contributed by atoms with E-state index in [1.165, 1.54) is 18.2 Å². The topological polar surface area (TPSA) is 45.8 Å². The average Bonchev–Trinajstić information content (AvgIpc) is 2.65. The number of hydrogen-bond acceptors (Lipinski definition) is 2. The van der Waals surface area contributed by atoms with Crippen molar-refractivity contribution in [3.05, 3.63) is 91.7 Å². The molecule has 1 heterocycles. The Morgan fingerprint density at radius 1 is 1.00 bits per heavy atom. The third-order valence-electron chi connectivity index (χ3n) is 4.11. The van der Waals surface area contributed by atoms with E-state index in [1.54, 1.807) is 36.4 Å². The van der Waals surface area contributed by atoms with Crippen molar-refractivity contribution in [1.82, 2.24) is 4.57 Å². The summed E-state index contributed by atoms with van der Waals surface area (Å²) < 4.78 is 41.4. The van der Waals surface area contributed by atoms with Crippen LogP contribution in [0.1, 0.15) is 16.7 Å². The van der Waals surface area contributed by atoms with Crippen LogP contribution in [0.2, 0.25) is 10.0 Å². The lowest BCUT2D eigenvalue weighted by Crippen LogP contribution is -2.28. The number of aromatic nitrogens is 1. The maximum Gasteiger partial charge on any atom is 0.417 e. The van der Waals surface area contributed by atoms with Gasteiger partial charge in [-0.15, -0.1) is 0 Å². The predicted octanol–water partition coefficient (Wildman–Crippen LogP) is 5.76. The number of alkyl halides is 3. The molecule has 142 valence electrons. The van der Waals surface area contributed by atoms with Gasteiger partial charge in [-0.05, 0) is 29.3 Å². The van der Waals surface area contributed by atoms with Gasteiger partial charge >= 0.3 is 6.18 Å². The normalized spacial score (nSPS) is 11.3. The molecule has 0 amide bonds. The molecule has 3 aromatic rings. The van der Waals surface area contributed by atoms with Crippen LogP contribution in [0, 0.1) is 11.3 Å². The lowest BCUT2D eigenvalue weighted by Gasteiger charge is -2.18. The fourth-order valence-electron chi connectivity index (χ4n) is 2.80. The zero-order valence-corrected chi connectivity index (χ0v) is 15.6. The van der Waals surface area contributed by atoms with Crippen molar-refractivity contribution < 1.29 is 13.2 Å². The van der Waals surface area contributed by atoms with Crippen molar-refractivity contribution in [2.24, 2.45) is 0 Å². The van der Waals surface area contributed by atoms with E-state index in [0.717, 1.165) is 10.6 Å². The molecule has 0 bridgehead atoms. The Morgan fingerprint density at radius 2 is 1.68 bits per heavy atom. The number of nitrogens with zero attached hydrogens (tertiary/aromatic N) is 2. The average molecular weight is 423 g/mol. The lowest BCUT2D eigenvalue weighted by molar-refractivity contribution is -0.137. The summed E-state index contributed by atoms with van der Waals surface area (Å²) in [6.07, 6.45) is -4.84. The first-order chi connectivity index (χ1) is 13.2. The van der Waals surface area contributed by atoms with Crippen molar-refractivity contribution >= 4 is 23.2 Å². The lowest BCUT2D eigenvalue weighted by atomic mass is 10.0. The second-order valence-electron chi connectivity index (χ2n) is 5.93. The zero-order chi connectivity index (χ0) is 20.5. The molecule has 3 nitrogen and oxygen atoms in total. The SMILES string of the molecule is N#Cc1c(C(F)(F)F)cc(-c2ccccc2)n(Cc2ccc(Cl)c(Cl)c2)c1=O. The van der Waals surface area contributed by atoms with E-state index >= 15 is 0 Å². The van der Waals surface area contributed by atoms with Crippen LogP contribution in [0.4, 0.5) is 13.2 Å². The Balaban J connectivity index is 2.29. The fourth-order valence-corrected chi connectivity index (χ4v) is 3.12. The van der Waals surface area contributed by atoms with Crippen molar-refractivity contribution in [2.45, 2.75) is 12.7 Å².